The number of piperidine rings is 1. The fraction of sp³-hybridized carbons (Fsp3) is 0.318. The van der Waals surface area contributed by atoms with E-state index in [4.69, 9.17) is 0 Å². The van der Waals surface area contributed by atoms with E-state index in [1.807, 2.05) is 36.4 Å². The molecule has 1 N–H and O–H groups in total. The number of pyridine rings is 1. The molecule has 27 heavy (non-hydrogen) atoms. The van der Waals surface area contributed by atoms with E-state index in [9.17, 15) is 10.1 Å². The van der Waals surface area contributed by atoms with Crippen LogP contribution >= 0.6 is 0 Å². The van der Waals surface area contributed by atoms with E-state index < -0.39 is 0 Å². The van der Waals surface area contributed by atoms with Crippen molar-refractivity contribution in [2.75, 3.05) is 24.5 Å². The highest BCUT2D eigenvalue weighted by atomic mass is 16.1. The number of nitrogens with one attached hydrogen (secondary N) is 1. The van der Waals surface area contributed by atoms with Crippen LogP contribution in [0.5, 0.6) is 0 Å². The van der Waals surface area contributed by atoms with Gasteiger partial charge >= 0.3 is 0 Å². The van der Waals surface area contributed by atoms with Crippen LogP contribution in [0.25, 0.3) is 6.08 Å². The molecule has 2 heterocycles. The normalized spacial score (nSPS) is 23.1. The Labute approximate surface area is 159 Å². The number of hydrogen-bond donors (Lipinski definition) is 1. The summed E-state index contributed by atoms with van der Waals surface area (Å²) in [6, 6.07) is 13.9. The summed E-state index contributed by atoms with van der Waals surface area (Å²) in [5.74, 6) is 2.02. The molecule has 1 aliphatic heterocycles. The number of fused-ring (bicyclic) bond motifs is 1. The predicted molar refractivity (Wildman–Crippen MR) is 105 cm³/mol. The van der Waals surface area contributed by atoms with Crippen LogP contribution in [0.15, 0.2) is 54.9 Å². The standard InChI is InChI=1S/C22H22N4O/c23-12-17-5-1-2-6-21(17)26-14-19-18(20(19)15-26)9-11-25-22(27)8-7-16-4-3-10-24-13-16/h1-8,10,13,18-20H,9,11,14-15H2,(H,25,27)/b8-7+/t18?,19-,20+. The lowest BCUT2D eigenvalue weighted by molar-refractivity contribution is -0.116. The van der Waals surface area contributed by atoms with Crippen molar-refractivity contribution in [1.82, 2.24) is 10.3 Å². The minimum atomic E-state index is -0.0609. The number of aromatic nitrogens is 1. The molecule has 2 fully saturated rings. The Bertz CT molecular complexity index is 875. The molecule has 5 heteroatoms. The van der Waals surface area contributed by atoms with Gasteiger partial charge in [0.15, 0.2) is 0 Å². The zero-order valence-corrected chi connectivity index (χ0v) is 15.1. The van der Waals surface area contributed by atoms with Crippen LogP contribution in [0.3, 0.4) is 0 Å². The third-order valence-electron chi connectivity index (χ3n) is 5.63. The molecule has 1 unspecified atom stereocenters. The summed E-state index contributed by atoms with van der Waals surface area (Å²) >= 11 is 0. The summed E-state index contributed by atoms with van der Waals surface area (Å²) < 4.78 is 0. The molecule has 3 atom stereocenters. The Morgan fingerprint density at radius 2 is 2.07 bits per heavy atom. The van der Waals surface area contributed by atoms with Gasteiger partial charge in [-0.25, -0.2) is 0 Å². The van der Waals surface area contributed by atoms with Crippen molar-refractivity contribution in [3.63, 3.8) is 0 Å². The molecule has 2 aromatic rings. The molecule has 0 spiro atoms. The topological polar surface area (TPSA) is 69.0 Å². The summed E-state index contributed by atoms with van der Waals surface area (Å²) in [6.45, 7) is 2.74. The maximum absolute atomic E-state index is 11.9. The second kappa shape index (κ2) is 7.63. The second-order valence-corrected chi connectivity index (χ2v) is 7.22. The molecule has 0 bridgehead atoms. The largest absolute Gasteiger partial charge is 0.370 e. The molecule has 1 aliphatic carbocycles. The highest BCUT2D eigenvalue weighted by Crippen LogP contribution is 2.54. The smallest absolute Gasteiger partial charge is 0.244 e. The first kappa shape index (κ1) is 17.3. The summed E-state index contributed by atoms with van der Waals surface area (Å²) in [4.78, 5) is 18.3. The van der Waals surface area contributed by atoms with Crippen molar-refractivity contribution < 1.29 is 4.79 Å². The van der Waals surface area contributed by atoms with Crippen molar-refractivity contribution in [3.05, 3.63) is 66.0 Å². The number of nitrogens with zero attached hydrogens (tertiary/aromatic N) is 3. The van der Waals surface area contributed by atoms with Crippen LogP contribution in [0.4, 0.5) is 5.69 Å². The third-order valence-corrected chi connectivity index (χ3v) is 5.63. The SMILES string of the molecule is N#Cc1ccccc1N1C[C@@H]2C(CCNC(=O)/C=C/c3cccnc3)[C@@H]2C1. The molecule has 136 valence electrons. The Morgan fingerprint density at radius 3 is 2.81 bits per heavy atom. The van der Waals surface area contributed by atoms with E-state index in [2.05, 4.69) is 21.3 Å². The third kappa shape index (κ3) is 3.85. The average Bonchev–Trinajstić information content (AvgIpc) is 3.16. The molecule has 1 aromatic carbocycles. The van der Waals surface area contributed by atoms with Crippen molar-refractivity contribution in [1.29, 1.82) is 5.26 Å². The molecule has 4 rings (SSSR count). The number of para-hydroxylation sites is 1. The summed E-state index contributed by atoms with van der Waals surface area (Å²) in [5, 5.41) is 12.2. The van der Waals surface area contributed by atoms with E-state index in [1.54, 1.807) is 24.5 Å². The van der Waals surface area contributed by atoms with Gasteiger partial charge in [0.25, 0.3) is 0 Å². The van der Waals surface area contributed by atoms with E-state index >= 15 is 0 Å². The zero-order valence-electron chi connectivity index (χ0n) is 15.1. The van der Waals surface area contributed by atoms with E-state index in [1.165, 1.54) is 0 Å². The fourth-order valence-electron chi connectivity index (χ4n) is 4.19. The monoisotopic (exact) mass is 358 g/mol. The first-order valence-corrected chi connectivity index (χ1v) is 9.36. The van der Waals surface area contributed by atoms with Crippen molar-refractivity contribution in [3.8, 4) is 6.07 Å². The second-order valence-electron chi connectivity index (χ2n) is 7.22. The maximum Gasteiger partial charge on any atom is 0.244 e. The van der Waals surface area contributed by atoms with Gasteiger partial charge in [-0.3, -0.25) is 9.78 Å². The number of amides is 1. The van der Waals surface area contributed by atoms with Crippen LogP contribution in [-0.2, 0) is 4.79 Å². The van der Waals surface area contributed by atoms with Crippen molar-refractivity contribution in [2.45, 2.75) is 6.42 Å². The number of hydrogen-bond acceptors (Lipinski definition) is 4. The number of rotatable bonds is 6. The lowest BCUT2D eigenvalue weighted by Gasteiger charge is -2.23. The van der Waals surface area contributed by atoms with Gasteiger partial charge in [0.1, 0.15) is 6.07 Å². The molecule has 1 saturated carbocycles. The lowest BCUT2D eigenvalue weighted by Crippen LogP contribution is -2.27. The molecule has 2 aliphatic rings. The van der Waals surface area contributed by atoms with Gasteiger partial charge in [0, 0.05) is 38.1 Å². The van der Waals surface area contributed by atoms with Gasteiger partial charge in [0.05, 0.1) is 11.3 Å². The van der Waals surface area contributed by atoms with Crippen LogP contribution < -0.4 is 10.2 Å². The Balaban J connectivity index is 1.20. The van der Waals surface area contributed by atoms with E-state index in [-0.39, 0.29) is 5.91 Å². The molecular formula is C22H22N4O. The predicted octanol–water partition coefficient (Wildman–Crippen LogP) is 2.86. The molecule has 1 amide bonds. The van der Waals surface area contributed by atoms with E-state index in [0.29, 0.717) is 24.3 Å². The number of anilines is 1. The number of nitriles is 1. The molecular weight excluding hydrogens is 336 g/mol. The van der Waals surface area contributed by atoms with Gasteiger partial charge in [-0.1, -0.05) is 18.2 Å². The van der Waals surface area contributed by atoms with Crippen LogP contribution in [0.1, 0.15) is 17.5 Å². The molecule has 5 nitrogen and oxygen atoms in total. The maximum atomic E-state index is 11.9. The van der Waals surface area contributed by atoms with Gasteiger partial charge in [-0.05, 0) is 54.0 Å². The zero-order chi connectivity index (χ0) is 18.6. The van der Waals surface area contributed by atoms with Crippen LogP contribution in [-0.4, -0.2) is 30.5 Å². The van der Waals surface area contributed by atoms with Gasteiger partial charge in [-0.2, -0.15) is 5.26 Å². The molecule has 0 radical (unpaired) electrons. The van der Waals surface area contributed by atoms with Gasteiger partial charge in [0.2, 0.25) is 5.91 Å². The van der Waals surface area contributed by atoms with Crippen LogP contribution in [0.2, 0.25) is 0 Å². The highest BCUT2D eigenvalue weighted by molar-refractivity contribution is 5.91. The average molecular weight is 358 g/mol. The van der Waals surface area contributed by atoms with E-state index in [0.717, 1.165) is 36.3 Å². The van der Waals surface area contributed by atoms with Gasteiger partial charge < -0.3 is 10.2 Å². The lowest BCUT2D eigenvalue weighted by atomic mass is 10.1. The summed E-state index contributed by atoms with van der Waals surface area (Å²) in [7, 11) is 0. The first-order valence-electron chi connectivity index (χ1n) is 9.36. The first-order chi connectivity index (χ1) is 13.3. The molecule has 1 aromatic heterocycles. The molecule has 1 saturated heterocycles. The number of benzene rings is 1. The highest BCUT2D eigenvalue weighted by Gasteiger charge is 2.55. The quantitative estimate of drug-likeness (QED) is 0.806. The number of carbonyl (C=O) groups excluding carboxylic acids is 1. The Kier molecular flexibility index (Phi) is 4.88. The summed E-state index contributed by atoms with van der Waals surface area (Å²) in [6.07, 6.45) is 7.80. The Morgan fingerprint density at radius 1 is 1.26 bits per heavy atom. The van der Waals surface area contributed by atoms with Crippen LogP contribution in [0, 0.1) is 29.1 Å². The van der Waals surface area contributed by atoms with Crippen molar-refractivity contribution in [2.24, 2.45) is 17.8 Å². The fourth-order valence-corrected chi connectivity index (χ4v) is 4.19. The van der Waals surface area contributed by atoms with Gasteiger partial charge in [-0.15, -0.1) is 0 Å². The summed E-state index contributed by atoms with van der Waals surface area (Å²) in [5.41, 5.74) is 2.73. The minimum Gasteiger partial charge on any atom is -0.370 e. The minimum absolute atomic E-state index is 0.0609. The Hall–Kier alpha value is -3.13. The number of carbonyl (C=O) groups is 1. The van der Waals surface area contributed by atoms with Crippen molar-refractivity contribution >= 4 is 17.7 Å².